The van der Waals surface area contributed by atoms with Gasteiger partial charge >= 0.3 is 0 Å². The minimum atomic E-state index is -0.265. The number of nitrogens with zero attached hydrogens (tertiary/aromatic N) is 1. The van der Waals surface area contributed by atoms with Gasteiger partial charge in [-0.2, -0.15) is 0 Å². The first-order valence-electron chi connectivity index (χ1n) is 6.29. The molecule has 0 aliphatic carbocycles. The maximum Gasteiger partial charge on any atom is 0.169 e. The molecule has 100 valence electrons. The summed E-state index contributed by atoms with van der Waals surface area (Å²) in [4.78, 5) is 2.16. The van der Waals surface area contributed by atoms with E-state index in [-0.39, 0.29) is 11.4 Å². The third-order valence-corrected chi connectivity index (χ3v) is 3.84. The van der Waals surface area contributed by atoms with E-state index in [0.29, 0.717) is 23.8 Å². The van der Waals surface area contributed by atoms with E-state index in [1.54, 1.807) is 12.1 Å². The lowest BCUT2D eigenvalue weighted by molar-refractivity contribution is 0.0304. The molecule has 0 spiro atoms. The minimum absolute atomic E-state index is 0.116. The van der Waals surface area contributed by atoms with Gasteiger partial charge in [-0.05, 0) is 12.0 Å². The minimum Gasteiger partial charge on any atom is -0.494 e. The van der Waals surface area contributed by atoms with E-state index in [1.165, 1.54) is 7.11 Å². The van der Waals surface area contributed by atoms with Crippen molar-refractivity contribution in [2.24, 2.45) is 11.7 Å². The smallest absolute Gasteiger partial charge is 0.169 e. The first-order chi connectivity index (χ1) is 8.46. The molecule has 1 aliphatic rings. The van der Waals surface area contributed by atoms with Crippen molar-refractivity contribution < 1.29 is 9.13 Å². The predicted octanol–water partition coefficient (Wildman–Crippen LogP) is 2.00. The Bertz CT molecular complexity index is 428. The van der Waals surface area contributed by atoms with E-state index in [1.807, 2.05) is 6.07 Å². The molecule has 0 bridgehead atoms. The number of ether oxygens (including phenoxy) is 1. The van der Waals surface area contributed by atoms with Crippen molar-refractivity contribution in [1.29, 1.82) is 0 Å². The first kappa shape index (κ1) is 13.3. The Morgan fingerprint density at radius 1 is 1.44 bits per heavy atom. The van der Waals surface area contributed by atoms with Crippen LogP contribution in [0.5, 0.6) is 5.75 Å². The highest BCUT2D eigenvalue weighted by Crippen LogP contribution is 2.29. The highest BCUT2D eigenvalue weighted by Gasteiger charge is 2.41. The first-order valence-corrected chi connectivity index (χ1v) is 6.29. The molecule has 2 rings (SSSR count). The molecule has 1 aliphatic heterocycles. The normalized spacial score (nSPS) is 18.8. The Balaban J connectivity index is 2.01. The van der Waals surface area contributed by atoms with Gasteiger partial charge in [-0.15, -0.1) is 0 Å². The van der Waals surface area contributed by atoms with Gasteiger partial charge in [0.25, 0.3) is 0 Å². The van der Waals surface area contributed by atoms with Gasteiger partial charge in [0.1, 0.15) is 0 Å². The number of nitrogens with two attached hydrogens (primary N) is 1. The number of hydrogen-bond donors (Lipinski definition) is 1. The summed E-state index contributed by atoms with van der Waals surface area (Å²) in [5.74, 6) is 0.485. The summed E-state index contributed by atoms with van der Waals surface area (Å²) in [6.07, 6.45) is 0. The third-order valence-electron chi connectivity index (χ3n) is 3.84. The summed E-state index contributed by atoms with van der Waals surface area (Å²) in [7, 11) is 1.48. The standard InChI is InChI=1S/C14H21FN2O/c1-10(2)14(16)8-17(9-14)7-11-5-4-6-12(18-3)13(11)15/h4-6,10H,7-9,16H2,1-3H3. The van der Waals surface area contributed by atoms with E-state index >= 15 is 0 Å². The molecule has 0 radical (unpaired) electrons. The average Bonchev–Trinajstić information content (AvgIpc) is 2.29. The zero-order valence-corrected chi connectivity index (χ0v) is 11.2. The topological polar surface area (TPSA) is 38.5 Å². The highest BCUT2D eigenvalue weighted by molar-refractivity contribution is 5.31. The van der Waals surface area contributed by atoms with E-state index in [2.05, 4.69) is 18.7 Å². The summed E-state index contributed by atoms with van der Waals surface area (Å²) >= 11 is 0. The molecule has 18 heavy (non-hydrogen) atoms. The average molecular weight is 252 g/mol. The van der Waals surface area contributed by atoms with E-state index in [0.717, 1.165) is 13.1 Å². The Morgan fingerprint density at radius 2 is 2.11 bits per heavy atom. The molecule has 1 aromatic carbocycles. The molecule has 0 atom stereocenters. The lowest BCUT2D eigenvalue weighted by atomic mass is 9.80. The SMILES string of the molecule is COc1cccc(CN2CC(N)(C(C)C)C2)c1F. The summed E-state index contributed by atoms with van der Waals surface area (Å²) in [5, 5.41) is 0. The lowest BCUT2D eigenvalue weighted by Gasteiger charge is -2.50. The van der Waals surface area contributed by atoms with Crippen LogP contribution >= 0.6 is 0 Å². The molecule has 0 saturated carbocycles. The monoisotopic (exact) mass is 252 g/mol. The van der Waals surface area contributed by atoms with Crippen LogP contribution in [0.25, 0.3) is 0 Å². The molecule has 3 nitrogen and oxygen atoms in total. The van der Waals surface area contributed by atoms with Crippen LogP contribution in [0, 0.1) is 11.7 Å². The number of methoxy groups -OCH3 is 1. The van der Waals surface area contributed by atoms with Gasteiger partial charge in [-0.25, -0.2) is 4.39 Å². The number of halogens is 1. The molecule has 0 unspecified atom stereocenters. The van der Waals surface area contributed by atoms with Crippen LogP contribution in [0.4, 0.5) is 4.39 Å². The molecular weight excluding hydrogens is 231 g/mol. The summed E-state index contributed by atoms with van der Waals surface area (Å²) < 4.78 is 18.9. The van der Waals surface area contributed by atoms with Gasteiger partial charge in [0.05, 0.1) is 7.11 Å². The number of likely N-dealkylation sites (tertiary alicyclic amines) is 1. The number of rotatable bonds is 4. The van der Waals surface area contributed by atoms with Gasteiger partial charge in [0, 0.05) is 30.7 Å². The van der Waals surface area contributed by atoms with Gasteiger partial charge in [-0.3, -0.25) is 4.90 Å². The Hall–Kier alpha value is -1.13. The van der Waals surface area contributed by atoms with E-state index in [4.69, 9.17) is 10.5 Å². The van der Waals surface area contributed by atoms with Gasteiger partial charge < -0.3 is 10.5 Å². The van der Waals surface area contributed by atoms with Gasteiger partial charge in [-0.1, -0.05) is 26.0 Å². The second-order valence-corrected chi connectivity index (χ2v) is 5.47. The second-order valence-electron chi connectivity index (χ2n) is 5.47. The third kappa shape index (κ3) is 2.35. The summed E-state index contributed by atoms with van der Waals surface area (Å²) in [6.45, 7) is 6.49. The molecule has 4 heteroatoms. The summed E-state index contributed by atoms with van der Waals surface area (Å²) in [5.41, 5.74) is 6.77. The van der Waals surface area contributed by atoms with Crippen LogP contribution in [0.3, 0.4) is 0 Å². The van der Waals surface area contributed by atoms with E-state index in [9.17, 15) is 4.39 Å². The quantitative estimate of drug-likeness (QED) is 0.890. The second kappa shape index (κ2) is 4.86. The molecule has 2 N–H and O–H groups in total. The van der Waals surface area contributed by atoms with Crippen molar-refractivity contribution in [3.05, 3.63) is 29.6 Å². The zero-order chi connectivity index (χ0) is 13.3. The Kier molecular flexibility index (Phi) is 3.59. The van der Waals surface area contributed by atoms with Crippen molar-refractivity contribution in [3.8, 4) is 5.75 Å². The van der Waals surface area contributed by atoms with Crippen molar-refractivity contribution in [3.63, 3.8) is 0 Å². The molecular formula is C14H21FN2O. The van der Waals surface area contributed by atoms with Crippen molar-refractivity contribution in [1.82, 2.24) is 4.90 Å². The molecule has 1 fully saturated rings. The zero-order valence-electron chi connectivity index (χ0n) is 11.2. The molecule has 1 heterocycles. The van der Waals surface area contributed by atoms with Crippen LogP contribution in [0.15, 0.2) is 18.2 Å². The van der Waals surface area contributed by atoms with Crippen LogP contribution in [0.2, 0.25) is 0 Å². The maximum absolute atomic E-state index is 14.0. The number of hydrogen-bond acceptors (Lipinski definition) is 3. The molecule has 1 aromatic rings. The molecule has 1 saturated heterocycles. The van der Waals surface area contributed by atoms with Gasteiger partial charge in [0.15, 0.2) is 11.6 Å². The fraction of sp³-hybridized carbons (Fsp3) is 0.571. The Morgan fingerprint density at radius 3 is 2.67 bits per heavy atom. The van der Waals surface area contributed by atoms with Crippen LogP contribution in [-0.2, 0) is 6.54 Å². The Labute approximate surface area is 108 Å². The van der Waals surface area contributed by atoms with Crippen LogP contribution in [0.1, 0.15) is 19.4 Å². The largest absolute Gasteiger partial charge is 0.494 e. The van der Waals surface area contributed by atoms with Crippen molar-refractivity contribution in [2.75, 3.05) is 20.2 Å². The van der Waals surface area contributed by atoms with E-state index < -0.39 is 0 Å². The van der Waals surface area contributed by atoms with Crippen LogP contribution < -0.4 is 10.5 Å². The van der Waals surface area contributed by atoms with Crippen molar-refractivity contribution in [2.45, 2.75) is 25.9 Å². The van der Waals surface area contributed by atoms with Crippen LogP contribution in [-0.4, -0.2) is 30.6 Å². The lowest BCUT2D eigenvalue weighted by Crippen LogP contribution is -2.69. The van der Waals surface area contributed by atoms with Crippen molar-refractivity contribution >= 4 is 0 Å². The molecule has 0 aromatic heterocycles. The van der Waals surface area contributed by atoms with Gasteiger partial charge in [0.2, 0.25) is 0 Å². The fourth-order valence-corrected chi connectivity index (χ4v) is 2.34. The number of benzene rings is 1. The maximum atomic E-state index is 14.0. The summed E-state index contributed by atoms with van der Waals surface area (Å²) in [6, 6.07) is 5.25. The highest BCUT2D eigenvalue weighted by atomic mass is 19.1. The fourth-order valence-electron chi connectivity index (χ4n) is 2.34. The predicted molar refractivity (Wildman–Crippen MR) is 70.0 cm³/mol. The molecule has 0 amide bonds.